The molecule has 0 saturated carbocycles. The topological polar surface area (TPSA) is 29.3 Å². The second-order valence-electron chi connectivity index (χ2n) is 5.02. The SMILES string of the molecule is CCCCCCCCN(C)c1ccccc1CN. The van der Waals surface area contributed by atoms with E-state index in [9.17, 15) is 0 Å². The van der Waals surface area contributed by atoms with Gasteiger partial charge in [-0.25, -0.2) is 0 Å². The Morgan fingerprint density at radius 2 is 1.67 bits per heavy atom. The summed E-state index contributed by atoms with van der Waals surface area (Å²) in [7, 11) is 2.17. The van der Waals surface area contributed by atoms with Crippen molar-refractivity contribution in [3.8, 4) is 0 Å². The van der Waals surface area contributed by atoms with Crippen LogP contribution in [0.2, 0.25) is 0 Å². The van der Waals surface area contributed by atoms with Crippen LogP contribution in [0.3, 0.4) is 0 Å². The standard InChI is InChI=1S/C16H28N2/c1-3-4-5-6-7-10-13-18(2)16-12-9-8-11-15(16)14-17/h8-9,11-12H,3-7,10,13-14,17H2,1-2H3. The summed E-state index contributed by atoms with van der Waals surface area (Å²) in [5.41, 5.74) is 8.30. The molecule has 0 amide bonds. The fourth-order valence-corrected chi connectivity index (χ4v) is 2.31. The first-order valence-electron chi connectivity index (χ1n) is 7.28. The second-order valence-corrected chi connectivity index (χ2v) is 5.02. The van der Waals surface area contributed by atoms with Crippen molar-refractivity contribution < 1.29 is 0 Å². The maximum Gasteiger partial charge on any atom is 0.0409 e. The lowest BCUT2D eigenvalue weighted by atomic mass is 10.1. The molecule has 0 aliphatic rings. The molecule has 0 spiro atoms. The van der Waals surface area contributed by atoms with Gasteiger partial charge in [0.1, 0.15) is 0 Å². The number of hydrogen-bond donors (Lipinski definition) is 1. The molecule has 0 heterocycles. The van der Waals surface area contributed by atoms with Gasteiger partial charge in [-0.15, -0.1) is 0 Å². The average molecular weight is 248 g/mol. The Hall–Kier alpha value is -1.02. The molecule has 102 valence electrons. The average Bonchev–Trinajstić information content (AvgIpc) is 2.42. The van der Waals surface area contributed by atoms with Gasteiger partial charge in [-0.05, 0) is 18.1 Å². The Labute approximate surface area is 112 Å². The van der Waals surface area contributed by atoms with Gasteiger partial charge in [-0.1, -0.05) is 57.2 Å². The first-order valence-corrected chi connectivity index (χ1v) is 7.28. The Bertz CT molecular complexity index is 323. The highest BCUT2D eigenvalue weighted by Crippen LogP contribution is 2.19. The number of anilines is 1. The summed E-state index contributed by atoms with van der Waals surface area (Å²) in [4.78, 5) is 2.34. The van der Waals surface area contributed by atoms with Crippen LogP contribution in [0.1, 0.15) is 51.0 Å². The summed E-state index contributed by atoms with van der Waals surface area (Å²) in [5, 5.41) is 0. The highest BCUT2D eigenvalue weighted by molar-refractivity contribution is 5.52. The van der Waals surface area contributed by atoms with Gasteiger partial charge in [0.25, 0.3) is 0 Å². The molecule has 0 aliphatic carbocycles. The number of rotatable bonds is 9. The molecule has 2 heteroatoms. The van der Waals surface area contributed by atoms with E-state index in [-0.39, 0.29) is 0 Å². The van der Waals surface area contributed by atoms with Crippen molar-refractivity contribution in [3.05, 3.63) is 29.8 Å². The Morgan fingerprint density at radius 1 is 1.00 bits per heavy atom. The second kappa shape index (κ2) is 8.98. The fourth-order valence-electron chi connectivity index (χ4n) is 2.31. The third-order valence-corrected chi connectivity index (χ3v) is 3.47. The van der Waals surface area contributed by atoms with Crippen LogP contribution in [0.5, 0.6) is 0 Å². The molecule has 0 unspecified atom stereocenters. The molecule has 1 rings (SSSR count). The zero-order chi connectivity index (χ0) is 13.2. The molecular weight excluding hydrogens is 220 g/mol. The largest absolute Gasteiger partial charge is 0.374 e. The number of unbranched alkanes of at least 4 members (excludes halogenated alkanes) is 5. The van der Waals surface area contributed by atoms with Crippen LogP contribution in [0.15, 0.2) is 24.3 Å². The summed E-state index contributed by atoms with van der Waals surface area (Å²) in [5.74, 6) is 0. The normalized spacial score (nSPS) is 10.6. The van der Waals surface area contributed by atoms with Crippen molar-refractivity contribution in [3.63, 3.8) is 0 Å². The Balaban J connectivity index is 2.29. The lowest BCUT2D eigenvalue weighted by Crippen LogP contribution is -2.20. The minimum absolute atomic E-state index is 0.622. The summed E-state index contributed by atoms with van der Waals surface area (Å²) < 4.78 is 0. The van der Waals surface area contributed by atoms with E-state index in [0.717, 1.165) is 6.54 Å². The van der Waals surface area contributed by atoms with E-state index in [1.54, 1.807) is 0 Å². The molecule has 0 aromatic heterocycles. The monoisotopic (exact) mass is 248 g/mol. The van der Waals surface area contributed by atoms with Crippen LogP contribution in [0.25, 0.3) is 0 Å². The number of nitrogens with two attached hydrogens (primary N) is 1. The van der Waals surface area contributed by atoms with Crippen LogP contribution in [0.4, 0.5) is 5.69 Å². The molecular formula is C16H28N2. The third kappa shape index (κ3) is 5.09. The molecule has 2 nitrogen and oxygen atoms in total. The number of benzene rings is 1. The molecule has 1 aromatic rings. The zero-order valence-corrected chi connectivity index (χ0v) is 12.0. The minimum Gasteiger partial charge on any atom is -0.374 e. The number of hydrogen-bond acceptors (Lipinski definition) is 2. The van der Waals surface area contributed by atoms with Crippen molar-refractivity contribution >= 4 is 5.69 Å². The summed E-state index contributed by atoms with van der Waals surface area (Å²) in [6, 6.07) is 8.43. The van der Waals surface area contributed by atoms with Crippen LogP contribution in [-0.4, -0.2) is 13.6 Å². The fraction of sp³-hybridized carbons (Fsp3) is 0.625. The summed E-state index contributed by atoms with van der Waals surface area (Å²) >= 11 is 0. The van der Waals surface area contributed by atoms with Crippen molar-refractivity contribution in [2.24, 2.45) is 5.73 Å². The molecule has 0 fully saturated rings. The van der Waals surface area contributed by atoms with Crippen molar-refractivity contribution in [1.29, 1.82) is 0 Å². The van der Waals surface area contributed by atoms with Crippen molar-refractivity contribution in [2.75, 3.05) is 18.5 Å². The van der Waals surface area contributed by atoms with E-state index in [1.165, 1.54) is 49.8 Å². The molecule has 0 atom stereocenters. The van der Waals surface area contributed by atoms with Crippen LogP contribution < -0.4 is 10.6 Å². The molecule has 0 radical (unpaired) electrons. The quantitative estimate of drug-likeness (QED) is 0.671. The Morgan fingerprint density at radius 3 is 2.39 bits per heavy atom. The molecule has 18 heavy (non-hydrogen) atoms. The molecule has 1 aromatic carbocycles. The van der Waals surface area contributed by atoms with Gasteiger partial charge in [-0.3, -0.25) is 0 Å². The van der Waals surface area contributed by atoms with E-state index >= 15 is 0 Å². The number of nitrogens with zero attached hydrogens (tertiary/aromatic N) is 1. The summed E-state index contributed by atoms with van der Waals surface area (Å²) in [6.45, 7) is 4.01. The highest BCUT2D eigenvalue weighted by Gasteiger charge is 2.04. The number of para-hydroxylation sites is 1. The van der Waals surface area contributed by atoms with Gasteiger partial charge in [0, 0.05) is 25.8 Å². The lowest BCUT2D eigenvalue weighted by molar-refractivity contribution is 0.606. The van der Waals surface area contributed by atoms with Crippen LogP contribution >= 0.6 is 0 Å². The smallest absolute Gasteiger partial charge is 0.0409 e. The first kappa shape index (κ1) is 15.0. The summed E-state index contributed by atoms with van der Waals surface area (Å²) in [6.07, 6.45) is 8.09. The van der Waals surface area contributed by atoms with Crippen molar-refractivity contribution in [2.45, 2.75) is 52.0 Å². The van der Waals surface area contributed by atoms with E-state index in [2.05, 4.69) is 43.1 Å². The van der Waals surface area contributed by atoms with E-state index in [1.807, 2.05) is 0 Å². The van der Waals surface area contributed by atoms with E-state index in [0.29, 0.717) is 6.54 Å². The zero-order valence-electron chi connectivity index (χ0n) is 12.0. The maximum atomic E-state index is 5.77. The first-order chi connectivity index (χ1) is 8.79. The molecule has 0 aliphatic heterocycles. The third-order valence-electron chi connectivity index (χ3n) is 3.47. The van der Waals surface area contributed by atoms with Crippen molar-refractivity contribution in [1.82, 2.24) is 0 Å². The minimum atomic E-state index is 0.622. The molecule has 0 bridgehead atoms. The highest BCUT2D eigenvalue weighted by atomic mass is 15.1. The predicted molar refractivity (Wildman–Crippen MR) is 81.0 cm³/mol. The molecule has 2 N–H and O–H groups in total. The lowest BCUT2D eigenvalue weighted by Gasteiger charge is -2.22. The van der Waals surface area contributed by atoms with Gasteiger partial charge < -0.3 is 10.6 Å². The Kier molecular flexibility index (Phi) is 7.51. The molecule has 0 saturated heterocycles. The van der Waals surface area contributed by atoms with E-state index in [4.69, 9.17) is 5.73 Å². The predicted octanol–water partition coefficient (Wildman–Crippen LogP) is 3.94. The van der Waals surface area contributed by atoms with Gasteiger partial charge >= 0.3 is 0 Å². The van der Waals surface area contributed by atoms with Crippen LogP contribution in [-0.2, 0) is 6.54 Å². The van der Waals surface area contributed by atoms with E-state index < -0.39 is 0 Å². The van der Waals surface area contributed by atoms with Gasteiger partial charge in [-0.2, -0.15) is 0 Å². The van der Waals surface area contributed by atoms with Gasteiger partial charge in [0.2, 0.25) is 0 Å². The van der Waals surface area contributed by atoms with Gasteiger partial charge in [0.15, 0.2) is 0 Å². The maximum absolute atomic E-state index is 5.77. The van der Waals surface area contributed by atoms with Crippen LogP contribution in [0, 0.1) is 0 Å². The van der Waals surface area contributed by atoms with Gasteiger partial charge in [0.05, 0.1) is 0 Å².